The molecular formula is C44H38N8O2S2. The second-order valence-corrected chi connectivity index (χ2v) is 16.3. The molecule has 10 nitrogen and oxygen atoms in total. The second-order valence-electron chi connectivity index (χ2n) is 14.1. The SMILES string of the molecule is CN(C)c1ccc(/C=C2\N=C(c3ccccc3)N(C3Nc4cc5c(cc4S3)NC(N3C(=O)/C(=C/c4ccc(N(C)C)cc4)N=C3c3ccccc3)S5)C2=O)cc1. The number of amidine groups is 2. The Labute approximate surface area is 334 Å². The van der Waals surface area contributed by atoms with E-state index in [1.165, 1.54) is 0 Å². The van der Waals surface area contributed by atoms with Gasteiger partial charge in [0.2, 0.25) is 0 Å². The number of amides is 2. The molecule has 0 fully saturated rings. The fraction of sp³-hybridized carbons (Fsp3) is 0.136. The van der Waals surface area contributed by atoms with Crippen molar-refractivity contribution in [2.45, 2.75) is 20.8 Å². The Balaban J connectivity index is 0.969. The summed E-state index contributed by atoms with van der Waals surface area (Å²) in [6, 6.07) is 39.9. The van der Waals surface area contributed by atoms with E-state index in [0.717, 1.165) is 54.8 Å². The van der Waals surface area contributed by atoms with Gasteiger partial charge in [-0.15, -0.1) is 0 Å². The first kappa shape index (κ1) is 35.5. The van der Waals surface area contributed by atoms with Crippen molar-refractivity contribution in [3.8, 4) is 0 Å². The molecular weight excluding hydrogens is 737 g/mol. The van der Waals surface area contributed by atoms with Crippen LogP contribution in [0.15, 0.2) is 152 Å². The normalized spacial score (nSPS) is 19.9. The summed E-state index contributed by atoms with van der Waals surface area (Å²) in [5.41, 5.74) is 7.44. The molecule has 56 heavy (non-hydrogen) atoms. The van der Waals surface area contributed by atoms with E-state index in [1.807, 2.05) is 159 Å². The monoisotopic (exact) mass is 774 g/mol. The molecule has 0 aliphatic carbocycles. The van der Waals surface area contributed by atoms with E-state index in [1.54, 1.807) is 33.3 Å². The van der Waals surface area contributed by atoms with Gasteiger partial charge < -0.3 is 20.4 Å². The Hall–Kier alpha value is -6.24. The summed E-state index contributed by atoms with van der Waals surface area (Å²) < 4.78 is 0. The number of hydrogen-bond donors (Lipinski definition) is 2. The van der Waals surface area contributed by atoms with Crippen LogP contribution in [0.3, 0.4) is 0 Å². The van der Waals surface area contributed by atoms with Crippen LogP contribution in [0, 0.1) is 0 Å². The summed E-state index contributed by atoms with van der Waals surface area (Å²) in [5.74, 6) is 0.859. The van der Waals surface area contributed by atoms with Gasteiger partial charge in [-0.25, -0.2) is 9.98 Å². The molecule has 2 atom stereocenters. The van der Waals surface area contributed by atoms with Gasteiger partial charge in [0.15, 0.2) is 11.0 Å². The zero-order chi connectivity index (χ0) is 38.5. The Morgan fingerprint density at radius 3 is 1.29 bits per heavy atom. The van der Waals surface area contributed by atoms with E-state index in [2.05, 4.69) is 22.8 Å². The molecule has 0 bridgehead atoms. The van der Waals surface area contributed by atoms with Gasteiger partial charge in [-0.2, -0.15) is 0 Å². The van der Waals surface area contributed by atoms with Gasteiger partial charge in [0, 0.05) is 60.5 Å². The van der Waals surface area contributed by atoms with Crippen molar-refractivity contribution >= 4 is 81.9 Å². The third-order valence-electron chi connectivity index (χ3n) is 9.86. The lowest BCUT2D eigenvalue weighted by atomic mass is 10.1. The zero-order valence-corrected chi connectivity index (χ0v) is 32.8. The molecule has 2 unspecified atom stereocenters. The molecule has 0 radical (unpaired) electrons. The number of nitrogens with zero attached hydrogens (tertiary/aromatic N) is 6. The predicted molar refractivity (Wildman–Crippen MR) is 230 cm³/mol. The molecule has 0 saturated heterocycles. The number of benzene rings is 5. The minimum absolute atomic E-state index is 0.170. The van der Waals surface area contributed by atoms with Crippen molar-refractivity contribution in [1.82, 2.24) is 9.80 Å². The van der Waals surface area contributed by atoms with Crippen LogP contribution in [0.1, 0.15) is 22.3 Å². The summed E-state index contributed by atoms with van der Waals surface area (Å²) in [6.45, 7) is 0. The van der Waals surface area contributed by atoms with Gasteiger partial charge in [0.05, 0.1) is 11.4 Å². The smallest absolute Gasteiger partial charge is 0.280 e. The quantitative estimate of drug-likeness (QED) is 0.153. The lowest BCUT2D eigenvalue weighted by Crippen LogP contribution is -2.42. The largest absolute Gasteiger partial charge is 0.378 e. The first-order valence-corrected chi connectivity index (χ1v) is 19.9. The predicted octanol–water partition coefficient (Wildman–Crippen LogP) is 8.08. The Morgan fingerprint density at radius 2 is 0.929 bits per heavy atom. The summed E-state index contributed by atoms with van der Waals surface area (Å²) >= 11 is 3.13. The number of carbonyl (C=O) groups is 2. The van der Waals surface area contributed by atoms with E-state index >= 15 is 0 Å². The minimum Gasteiger partial charge on any atom is -0.378 e. The topological polar surface area (TPSA) is 95.9 Å². The highest BCUT2D eigenvalue weighted by atomic mass is 32.2. The summed E-state index contributed by atoms with van der Waals surface area (Å²) in [6.07, 6.45) is 3.70. The maximum absolute atomic E-state index is 14.2. The molecule has 9 rings (SSSR count). The van der Waals surface area contributed by atoms with E-state index in [0.29, 0.717) is 23.1 Å². The van der Waals surface area contributed by atoms with Crippen molar-refractivity contribution in [3.63, 3.8) is 0 Å². The summed E-state index contributed by atoms with van der Waals surface area (Å²) in [4.78, 5) is 47.7. The van der Waals surface area contributed by atoms with Crippen molar-refractivity contribution in [2.75, 3.05) is 48.6 Å². The molecule has 5 aromatic carbocycles. The lowest BCUT2D eigenvalue weighted by Gasteiger charge is -2.25. The molecule has 0 aromatic heterocycles. The van der Waals surface area contributed by atoms with Crippen LogP contribution in [0.4, 0.5) is 22.7 Å². The number of anilines is 4. The van der Waals surface area contributed by atoms with Gasteiger partial charge in [-0.1, -0.05) is 108 Å². The molecule has 4 heterocycles. The molecule has 2 amide bonds. The number of aliphatic imine (C=N–C) groups is 2. The summed E-state index contributed by atoms with van der Waals surface area (Å²) in [7, 11) is 8.00. The Morgan fingerprint density at radius 1 is 0.554 bits per heavy atom. The molecule has 5 aromatic rings. The highest BCUT2D eigenvalue weighted by molar-refractivity contribution is 8.01. The van der Waals surface area contributed by atoms with Crippen LogP contribution in [0.2, 0.25) is 0 Å². The molecule has 12 heteroatoms. The zero-order valence-electron chi connectivity index (χ0n) is 31.2. The van der Waals surface area contributed by atoms with Crippen LogP contribution in [0.5, 0.6) is 0 Å². The van der Waals surface area contributed by atoms with E-state index in [9.17, 15) is 9.59 Å². The minimum atomic E-state index is -0.418. The van der Waals surface area contributed by atoms with Crippen molar-refractivity contribution in [2.24, 2.45) is 9.98 Å². The third-order valence-corrected chi connectivity index (χ3v) is 12.1. The van der Waals surface area contributed by atoms with Crippen LogP contribution in [-0.4, -0.2) is 72.5 Å². The molecule has 0 spiro atoms. The number of fused-ring (bicyclic) bond motifs is 2. The number of nitrogens with one attached hydrogen (secondary N) is 2. The highest BCUT2D eigenvalue weighted by Crippen LogP contribution is 2.50. The van der Waals surface area contributed by atoms with Crippen molar-refractivity contribution in [3.05, 3.63) is 155 Å². The number of thioether (sulfide) groups is 2. The van der Waals surface area contributed by atoms with Gasteiger partial charge in [0.25, 0.3) is 11.8 Å². The van der Waals surface area contributed by atoms with Crippen LogP contribution < -0.4 is 20.4 Å². The maximum atomic E-state index is 14.2. The average Bonchev–Trinajstić information content (AvgIpc) is 3.97. The molecule has 4 aliphatic heterocycles. The third kappa shape index (κ3) is 6.60. The van der Waals surface area contributed by atoms with Gasteiger partial charge in [0.1, 0.15) is 23.1 Å². The number of rotatable bonds is 8. The standard InChI is InChI=1S/C44H38N8O2S2/c1-49(2)31-19-15-27(16-20-31)23-35-41(53)51(39(45-35)29-11-7-5-8-12-29)43-47-33-25-38-34(26-37(33)55-43)48-44(56-38)52-40(30-13-9-6-10-14-30)46-36(42(52)54)24-28-17-21-32(22-18-28)50(3)4/h5-26,43-44,47-48H,1-4H3/b35-23-,36-24-. The van der Waals surface area contributed by atoms with Gasteiger partial charge in [-0.05, 0) is 59.7 Å². The number of carbonyl (C=O) groups excluding carboxylic acids is 2. The second kappa shape index (κ2) is 14.4. The summed E-state index contributed by atoms with van der Waals surface area (Å²) in [5, 5.41) is 7.22. The fourth-order valence-electron chi connectivity index (χ4n) is 6.91. The van der Waals surface area contributed by atoms with E-state index in [4.69, 9.17) is 9.98 Å². The maximum Gasteiger partial charge on any atom is 0.280 e. The van der Waals surface area contributed by atoms with Gasteiger partial charge in [-0.3, -0.25) is 19.4 Å². The van der Waals surface area contributed by atoms with Gasteiger partial charge >= 0.3 is 0 Å². The Kier molecular flexibility index (Phi) is 9.14. The first-order chi connectivity index (χ1) is 27.2. The fourth-order valence-corrected chi connectivity index (χ4v) is 9.23. The molecule has 2 N–H and O–H groups in total. The Bertz CT molecular complexity index is 2280. The van der Waals surface area contributed by atoms with E-state index in [-0.39, 0.29) is 11.8 Å². The van der Waals surface area contributed by atoms with Crippen molar-refractivity contribution < 1.29 is 9.59 Å². The lowest BCUT2D eigenvalue weighted by molar-refractivity contribution is -0.123. The highest BCUT2D eigenvalue weighted by Gasteiger charge is 2.43. The van der Waals surface area contributed by atoms with E-state index < -0.39 is 11.0 Å². The molecule has 0 saturated carbocycles. The van der Waals surface area contributed by atoms with Crippen molar-refractivity contribution in [1.29, 1.82) is 0 Å². The average molecular weight is 775 g/mol. The van der Waals surface area contributed by atoms with Crippen LogP contribution in [-0.2, 0) is 9.59 Å². The van der Waals surface area contributed by atoms with Crippen LogP contribution in [0.25, 0.3) is 12.2 Å². The number of hydrogen-bond acceptors (Lipinski definition) is 10. The first-order valence-electron chi connectivity index (χ1n) is 18.2. The van der Waals surface area contributed by atoms with Crippen LogP contribution >= 0.6 is 23.5 Å². The molecule has 278 valence electrons. The molecule has 4 aliphatic rings.